The van der Waals surface area contributed by atoms with E-state index in [1.807, 2.05) is 4.72 Å². The Morgan fingerprint density at radius 1 is 1.28 bits per heavy atom. The zero-order valence-corrected chi connectivity index (χ0v) is 13.9. The Morgan fingerprint density at radius 3 is 2.64 bits per heavy atom. The fourth-order valence-electron chi connectivity index (χ4n) is 2.05. The first kappa shape index (κ1) is 19.0. The lowest BCUT2D eigenvalue weighted by Gasteiger charge is -2.12. The second-order valence-corrected chi connectivity index (χ2v) is 7.15. The van der Waals surface area contributed by atoms with Crippen molar-refractivity contribution in [3.05, 3.63) is 65.2 Å². The van der Waals surface area contributed by atoms with Crippen molar-refractivity contribution in [3.8, 4) is 0 Å². The van der Waals surface area contributed by atoms with Gasteiger partial charge in [0.05, 0.1) is 29.7 Å². The van der Waals surface area contributed by atoms with Crippen LogP contribution in [0.4, 0.5) is 4.39 Å². The first-order valence-electron chi connectivity index (χ1n) is 7.35. The fraction of sp³-hybridized carbons (Fsp3) is 0.250. The van der Waals surface area contributed by atoms with Gasteiger partial charge in [0.15, 0.2) is 0 Å². The van der Waals surface area contributed by atoms with E-state index in [1.54, 1.807) is 0 Å². The van der Waals surface area contributed by atoms with E-state index < -0.39 is 33.6 Å². The minimum Gasteiger partial charge on any atom is -0.390 e. The monoisotopic (exact) mass is 368 g/mol. The molecule has 0 spiro atoms. The van der Waals surface area contributed by atoms with Crippen molar-refractivity contribution < 1.29 is 27.8 Å². The van der Waals surface area contributed by atoms with Crippen LogP contribution in [0.5, 0.6) is 0 Å². The lowest BCUT2D eigenvalue weighted by atomic mass is 10.1. The van der Waals surface area contributed by atoms with Crippen LogP contribution in [-0.4, -0.2) is 35.3 Å². The van der Waals surface area contributed by atoms with Gasteiger partial charge in [-0.05, 0) is 36.2 Å². The highest BCUT2D eigenvalue weighted by Crippen LogP contribution is 2.18. The third kappa shape index (κ3) is 5.59. The molecular formula is C16H17FN2O5S. The lowest BCUT2D eigenvalue weighted by Crippen LogP contribution is -2.33. The largest absolute Gasteiger partial charge is 0.390 e. The maximum absolute atomic E-state index is 13.1. The van der Waals surface area contributed by atoms with Crippen LogP contribution in [0.15, 0.2) is 42.6 Å². The number of pyridine rings is 1. The average molecular weight is 368 g/mol. The molecule has 2 aromatic rings. The predicted molar refractivity (Wildman–Crippen MR) is 87.4 cm³/mol. The highest BCUT2D eigenvalue weighted by atomic mass is 32.2. The molecule has 0 saturated heterocycles. The van der Waals surface area contributed by atoms with Crippen molar-refractivity contribution in [2.45, 2.75) is 19.1 Å². The van der Waals surface area contributed by atoms with Gasteiger partial charge in [-0.2, -0.15) is 0 Å². The van der Waals surface area contributed by atoms with Crippen LogP contribution < -0.4 is 4.72 Å². The molecule has 0 aliphatic rings. The Morgan fingerprint density at radius 2 is 2.04 bits per heavy atom. The number of carbonyl (C=O) groups is 1. The molecule has 1 heterocycles. The van der Waals surface area contributed by atoms with Crippen LogP contribution in [0.25, 0.3) is 0 Å². The molecule has 134 valence electrons. The lowest BCUT2D eigenvalue weighted by molar-refractivity contribution is 0.0980. The summed E-state index contributed by atoms with van der Waals surface area (Å²) < 4.78 is 38.9. The Bertz CT molecular complexity index is 840. The number of amides is 1. The molecule has 1 amide bonds. The Hall–Kier alpha value is -2.36. The number of aliphatic hydroxyl groups is 2. The third-order valence-electron chi connectivity index (χ3n) is 3.39. The number of aromatic nitrogens is 1. The molecule has 25 heavy (non-hydrogen) atoms. The quantitative estimate of drug-likeness (QED) is 0.668. The van der Waals surface area contributed by atoms with Gasteiger partial charge in [0.1, 0.15) is 5.82 Å². The molecule has 0 bridgehead atoms. The van der Waals surface area contributed by atoms with Crippen molar-refractivity contribution in [2.24, 2.45) is 0 Å². The standard InChI is InChI=1S/C16H17FN2O5S/c17-13-3-1-2-11(8-13)15(21)6-7-25(23,24)19-16(22)12-4-5-14(10-20)18-9-12/h1-5,8-9,15,20-21H,6-7,10H2,(H,19,22). The number of aliphatic hydroxyl groups excluding tert-OH is 2. The molecule has 9 heteroatoms. The first-order chi connectivity index (χ1) is 11.8. The summed E-state index contributed by atoms with van der Waals surface area (Å²) in [4.78, 5) is 15.7. The summed E-state index contributed by atoms with van der Waals surface area (Å²) in [5, 5.41) is 18.8. The number of halogens is 1. The number of carbonyl (C=O) groups excluding carboxylic acids is 1. The molecule has 0 saturated carbocycles. The van der Waals surface area contributed by atoms with E-state index in [4.69, 9.17) is 5.11 Å². The van der Waals surface area contributed by atoms with E-state index in [0.717, 1.165) is 12.3 Å². The van der Waals surface area contributed by atoms with Crippen LogP contribution in [0.1, 0.15) is 34.1 Å². The van der Waals surface area contributed by atoms with Gasteiger partial charge in [0.2, 0.25) is 10.0 Å². The number of hydrogen-bond donors (Lipinski definition) is 3. The van der Waals surface area contributed by atoms with E-state index in [2.05, 4.69) is 4.98 Å². The molecule has 3 N–H and O–H groups in total. The average Bonchev–Trinajstić information content (AvgIpc) is 2.59. The highest BCUT2D eigenvalue weighted by molar-refractivity contribution is 7.90. The third-order valence-corrected chi connectivity index (χ3v) is 4.66. The zero-order valence-electron chi connectivity index (χ0n) is 13.1. The Labute approximate surface area is 144 Å². The molecule has 7 nitrogen and oxygen atoms in total. The molecule has 1 aromatic carbocycles. The van der Waals surface area contributed by atoms with Gasteiger partial charge in [0.25, 0.3) is 5.91 Å². The second-order valence-electron chi connectivity index (χ2n) is 5.31. The van der Waals surface area contributed by atoms with Crippen molar-refractivity contribution in [3.63, 3.8) is 0 Å². The topological polar surface area (TPSA) is 117 Å². The molecule has 1 atom stereocenters. The van der Waals surface area contributed by atoms with Crippen molar-refractivity contribution >= 4 is 15.9 Å². The molecule has 0 radical (unpaired) electrons. The molecule has 0 fully saturated rings. The summed E-state index contributed by atoms with van der Waals surface area (Å²) in [5.41, 5.74) is 0.620. The molecule has 1 aromatic heterocycles. The van der Waals surface area contributed by atoms with E-state index in [0.29, 0.717) is 5.69 Å². The molecule has 0 aliphatic heterocycles. The van der Waals surface area contributed by atoms with Gasteiger partial charge in [0, 0.05) is 6.20 Å². The molecule has 1 unspecified atom stereocenters. The molecule has 0 aliphatic carbocycles. The minimum atomic E-state index is -3.99. The highest BCUT2D eigenvalue weighted by Gasteiger charge is 2.19. The number of nitrogens with zero attached hydrogens (tertiary/aromatic N) is 1. The van der Waals surface area contributed by atoms with Crippen LogP contribution in [-0.2, 0) is 16.6 Å². The summed E-state index contributed by atoms with van der Waals surface area (Å²) in [6, 6.07) is 7.95. The van der Waals surface area contributed by atoms with Crippen LogP contribution >= 0.6 is 0 Å². The van der Waals surface area contributed by atoms with Crippen molar-refractivity contribution in [1.29, 1.82) is 0 Å². The Balaban J connectivity index is 1.95. The summed E-state index contributed by atoms with van der Waals surface area (Å²) >= 11 is 0. The van der Waals surface area contributed by atoms with Crippen LogP contribution in [0.2, 0.25) is 0 Å². The van der Waals surface area contributed by atoms with Gasteiger partial charge < -0.3 is 10.2 Å². The summed E-state index contributed by atoms with van der Waals surface area (Å²) in [6.45, 7) is -0.293. The van der Waals surface area contributed by atoms with Gasteiger partial charge >= 0.3 is 0 Å². The van der Waals surface area contributed by atoms with E-state index in [9.17, 15) is 22.7 Å². The van der Waals surface area contributed by atoms with Gasteiger partial charge in [-0.25, -0.2) is 17.5 Å². The maximum atomic E-state index is 13.1. The SMILES string of the molecule is O=C(NS(=O)(=O)CCC(O)c1cccc(F)c1)c1ccc(CO)nc1. The van der Waals surface area contributed by atoms with E-state index in [-0.39, 0.29) is 24.2 Å². The maximum Gasteiger partial charge on any atom is 0.266 e. The number of benzene rings is 1. The fourth-order valence-corrected chi connectivity index (χ4v) is 3.09. The summed E-state index contributed by atoms with van der Waals surface area (Å²) in [5.74, 6) is -1.91. The molecular weight excluding hydrogens is 351 g/mol. The smallest absolute Gasteiger partial charge is 0.266 e. The Kier molecular flexibility index (Phi) is 6.18. The number of hydrogen-bond acceptors (Lipinski definition) is 6. The number of nitrogens with one attached hydrogen (secondary N) is 1. The predicted octanol–water partition coefficient (Wildman–Crippen LogP) is 0.896. The second kappa shape index (κ2) is 8.15. The summed E-state index contributed by atoms with van der Waals surface area (Å²) in [6.07, 6.45) is -0.223. The molecule has 2 rings (SSSR count). The van der Waals surface area contributed by atoms with E-state index >= 15 is 0 Å². The van der Waals surface area contributed by atoms with Gasteiger partial charge in [-0.3, -0.25) is 9.78 Å². The first-order valence-corrected chi connectivity index (χ1v) is 9.00. The minimum absolute atomic E-state index is 0.0199. The van der Waals surface area contributed by atoms with Crippen LogP contribution in [0, 0.1) is 5.82 Å². The van der Waals surface area contributed by atoms with Crippen molar-refractivity contribution in [1.82, 2.24) is 9.71 Å². The van der Waals surface area contributed by atoms with Gasteiger partial charge in [-0.15, -0.1) is 0 Å². The van der Waals surface area contributed by atoms with E-state index in [1.165, 1.54) is 30.3 Å². The van der Waals surface area contributed by atoms with Gasteiger partial charge in [-0.1, -0.05) is 12.1 Å². The zero-order chi connectivity index (χ0) is 18.4. The number of rotatable bonds is 7. The van der Waals surface area contributed by atoms with Crippen molar-refractivity contribution in [2.75, 3.05) is 5.75 Å². The summed E-state index contributed by atoms with van der Waals surface area (Å²) in [7, 11) is -3.99. The van der Waals surface area contributed by atoms with Crippen LogP contribution in [0.3, 0.4) is 0 Å². The normalized spacial score (nSPS) is 12.6. The number of sulfonamides is 1.